The first kappa shape index (κ1) is 8.99. The highest BCUT2D eigenvalue weighted by Crippen LogP contribution is 2.29. The molecule has 0 saturated heterocycles. The number of rotatable bonds is 3. The SMILES string of the molecule is O=C(O)c1cccn(CC2CC2)c1=O. The molecule has 1 aromatic heterocycles. The Kier molecular flexibility index (Phi) is 2.11. The normalized spacial score (nSPS) is 15.4. The summed E-state index contributed by atoms with van der Waals surface area (Å²) in [6.45, 7) is 0.653. The lowest BCUT2D eigenvalue weighted by Crippen LogP contribution is -2.26. The van der Waals surface area contributed by atoms with E-state index < -0.39 is 11.5 Å². The fourth-order valence-corrected chi connectivity index (χ4v) is 1.42. The van der Waals surface area contributed by atoms with Crippen LogP contribution in [-0.4, -0.2) is 15.6 Å². The Hall–Kier alpha value is -1.58. The van der Waals surface area contributed by atoms with Crippen molar-refractivity contribution in [3.8, 4) is 0 Å². The van der Waals surface area contributed by atoms with Crippen LogP contribution in [0.5, 0.6) is 0 Å². The Morgan fingerprint density at radius 1 is 1.57 bits per heavy atom. The van der Waals surface area contributed by atoms with E-state index in [2.05, 4.69) is 0 Å². The maximum Gasteiger partial charge on any atom is 0.341 e. The van der Waals surface area contributed by atoms with Crippen molar-refractivity contribution in [1.82, 2.24) is 4.57 Å². The third-order valence-corrected chi connectivity index (χ3v) is 2.40. The lowest BCUT2D eigenvalue weighted by atomic mass is 10.2. The Morgan fingerprint density at radius 2 is 2.29 bits per heavy atom. The molecule has 14 heavy (non-hydrogen) atoms. The van der Waals surface area contributed by atoms with Gasteiger partial charge in [0.25, 0.3) is 5.56 Å². The standard InChI is InChI=1S/C10H11NO3/c12-9-8(10(13)14)2-1-5-11(9)6-7-3-4-7/h1-2,5,7H,3-4,6H2,(H,13,14). The zero-order valence-electron chi connectivity index (χ0n) is 7.64. The minimum absolute atomic E-state index is 0.145. The van der Waals surface area contributed by atoms with E-state index in [1.54, 1.807) is 12.3 Å². The molecule has 74 valence electrons. The molecule has 1 heterocycles. The molecule has 1 aliphatic carbocycles. The lowest BCUT2D eigenvalue weighted by Gasteiger charge is -2.04. The molecule has 0 atom stereocenters. The van der Waals surface area contributed by atoms with Gasteiger partial charge in [0.05, 0.1) is 0 Å². The van der Waals surface area contributed by atoms with Crippen LogP contribution in [-0.2, 0) is 6.54 Å². The van der Waals surface area contributed by atoms with Crippen molar-refractivity contribution < 1.29 is 9.90 Å². The predicted molar refractivity (Wildman–Crippen MR) is 50.4 cm³/mol. The molecule has 0 aromatic carbocycles. The second kappa shape index (κ2) is 3.29. The van der Waals surface area contributed by atoms with Crippen molar-refractivity contribution in [3.05, 3.63) is 34.2 Å². The first-order chi connectivity index (χ1) is 6.68. The lowest BCUT2D eigenvalue weighted by molar-refractivity contribution is 0.0694. The van der Waals surface area contributed by atoms with Gasteiger partial charge >= 0.3 is 5.97 Å². The second-order valence-electron chi connectivity index (χ2n) is 3.63. The van der Waals surface area contributed by atoms with Crippen LogP contribution in [0.25, 0.3) is 0 Å². The zero-order valence-corrected chi connectivity index (χ0v) is 7.64. The highest BCUT2D eigenvalue weighted by Gasteiger charge is 2.22. The van der Waals surface area contributed by atoms with Gasteiger partial charge in [0, 0.05) is 12.7 Å². The Morgan fingerprint density at radius 3 is 2.86 bits per heavy atom. The molecule has 1 saturated carbocycles. The maximum atomic E-state index is 11.6. The highest BCUT2D eigenvalue weighted by molar-refractivity contribution is 5.86. The average molecular weight is 193 g/mol. The summed E-state index contributed by atoms with van der Waals surface area (Å²) in [5, 5.41) is 8.73. The van der Waals surface area contributed by atoms with Gasteiger partial charge in [-0.3, -0.25) is 4.79 Å². The third-order valence-electron chi connectivity index (χ3n) is 2.40. The Bertz CT molecular complexity index is 418. The molecule has 1 N–H and O–H groups in total. The number of pyridine rings is 1. The van der Waals surface area contributed by atoms with E-state index in [-0.39, 0.29) is 5.56 Å². The topological polar surface area (TPSA) is 59.3 Å². The predicted octanol–water partition coefficient (Wildman–Crippen LogP) is 0.956. The van der Waals surface area contributed by atoms with Gasteiger partial charge in [-0.05, 0) is 30.9 Å². The molecule has 0 amide bonds. The first-order valence-corrected chi connectivity index (χ1v) is 4.61. The van der Waals surface area contributed by atoms with E-state index in [0.29, 0.717) is 12.5 Å². The van der Waals surface area contributed by atoms with Crippen LogP contribution in [0.4, 0.5) is 0 Å². The number of carbonyl (C=O) groups is 1. The molecule has 0 radical (unpaired) electrons. The number of aromatic carboxylic acids is 1. The monoisotopic (exact) mass is 193 g/mol. The van der Waals surface area contributed by atoms with Crippen LogP contribution < -0.4 is 5.56 Å². The molecule has 4 nitrogen and oxygen atoms in total. The maximum absolute atomic E-state index is 11.6. The Balaban J connectivity index is 2.35. The molecule has 4 heteroatoms. The van der Waals surface area contributed by atoms with E-state index in [1.807, 2.05) is 0 Å². The molecule has 1 fully saturated rings. The molecular formula is C10H11NO3. The van der Waals surface area contributed by atoms with E-state index in [4.69, 9.17) is 5.11 Å². The fourth-order valence-electron chi connectivity index (χ4n) is 1.42. The first-order valence-electron chi connectivity index (χ1n) is 4.61. The summed E-state index contributed by atoms with van der Waals surface area (Å²) in [7, 11) is 0. The number of aromatic nitrogens is 1. The van der Waals surface area contributed by atoms with Crippen LogP contribution >= 0.6 is 0 Å². The van der Waals surface area contributed by atoms with Crippen molar-refractivity contribution in [2.45, 2.75) is 19.4 Å². The number of carboxylic acids is 1. The second-order valence-corrected chi connectivity index (χ2v) is 3.63. The third kappa shape index (κ3) is 1.69. The van der Waals surface area contributed by atoms with Crippen molar-refractivity contribution in [1.29, 1.82) is 0 Å². The van der Waals surface area contributed by atoms with E-state index >= 15 is 0 Å². The minimum atomic E-state index is -1.15. The summed E-state index contributed by atoms with van der Waals surface area (Å²) in [4.78, 5) is 22.2. The van der Waals surface area contributed by atoms with Crippen molar-refractivity contribution in [2.75, 3.05) is 0 Å². The van der Waals surface area contributed by atoms with Gasteiger partial charge in [-0.15, -0.1) is 0 Å². The van der Waals surface area contributed by atoms with Gasteiger partial charge in [-0.1, -0.05) is 0 Å². The highest BCUT2D eigenvalue weighted by atomic mass is 16.4. The Labute approximate surface area is 80.8 Å². The zero-order chi connectivity index (χ0) is 10.1. The van der Waals surface area contributed by atoms with Gasteiger partial charge in [0.1, 0.15) is 5.56 Å². The van der Waals surface area contributed by atoms with Gasteiger partial charge < -0.3 is 9.67 Å². The molecule has 0 spiro atoms. The number of hydrogen-bond acceptors (Lipinski definition) is 2. The van der Waals surface area contributed by atoms with Crippen LogP contribution in [0.15, 0.2) is 23.1 Å². The summed E-state index contributed by atoms with van der Waals surface area (Å²) in [6.07, 6.45) is 3.93. The number of nitrogens with zero attached hydrogens (tertiary/aromatic N) is 1. The van der Waals surface area contributed by atoms with Crippen molar-refractivity contribution >= 4 is 5.97 Å². The van der Waals surface area contributed by atoms with Gasteiger partial charge in [0.15, 0.2) is 0 Å². The number of carboxylic acid groups (broad SMARTS) is 1. The average Bonchev–Trinajstić information content (AvgIpc) is 2.92. The van der Waals surface area contributed by atoms with Gasteiger partial charge in [-0.2, -0.15) is 0 Å². The van der Waals surface area contributed by atoms with Gasteiger partial charge in [0.2, 0.25) is 0 Å². The summed E-state index contributed by atoms with van der Waals surface area (Å²) in [6, 6.07) is 2.95. The van der Waals surface area contributed by atoms with Crippen molar-refractivity contribution in [3.63, 3.8) is 0 Å². The fraction of sp³-hybridized carbons (Fsp3) is 0.400. The van der Waals surface area contributed by atoms with Crippen LogP contribution in [0.3, 0.4) is 0 Å². The van der Waals surface area contributed by atoms with E-state index in [9.17, 15) is 9.59 Å². The summed E-state index contributed by atoms with van der Waals surface area (Å²) >= 11 is 0. The molecule has 0 bridgehead atoms. The molecule has 1 aromatic rings. The molecule has 0 aliphatic heterocycles. The summed E-state index contributed by atoms with van der Waals surface area (Å²) in [5.41, 5.74) is -0.542. The molecule has 0 unspecified atom stereocenters. The van der Waals surface area contributed by atoms with Crippen LogP contribution in [0.2, 0.25) is 0 Å². The van der Waals surface area contributed by atoms with Crippen LogP contribution in [0, 0.1) is 5.92 Å². The largest absolute Gasteiger partial charge is 0.477 e. The smallest absolute Gasteiger partial charge is 0.341 e. The molecule has 2 rings (SSSR count). The van der Waals surface area contributed by atoms with E-state index in [1.165, 1.54) is 10.6 Å². The quantitative estimate of drug-likeness (QED) is 0.777. The van der Waals surface area contributed by atoms with Crippen LogP contribution in [0.1, 0.15) is 23.2 Å². The summed E-state index contributed by atoms with van der Waals surface area (Å²) in [5.74, 6) is -0.586. The minimum Gasteiger partial charge on any atom is -0.477 e. The molecule has 1 aliphatic rings. The van der Waals surface area contributed by atoms with Crippen molar-refractivity contribution in [2.24, 2.45) is 5.92 Å². The van der Waals surface area contributed by atoms with Gasteiger partial charge in [-0.25, -0.2) is 4.79 Å². The van der Waals surface area contributed by atoms with E-state index in [0.717, 1.165) is 12.8 Å². The summed E-state index contributed by atoms with van der Waals surface area (Å²) < 4.78 is 1.49. The number of hydrogen-bond donors (Lipinski definition) is 1. The molecular weight excluding hydrogens is 182 g/mol.